The van der Waals surface area contributed by atoms with E-state index in [-0.39, 0.29) is 30.1 Å². The van der Waals surface area contributed by atoms with Gasteiger partial charge in [0.2, 0.25) is 0 Å². The number of amidine groups is 1. The molecule has 2 aliphatic rings. The molecule has 1 amide bonds. The van der Waals surface area contributed by atoms with Crippen molar-refractivity contribution in [2.75, 3.05) is 26.5 Å². The van der Waals surface area contributed by atoms with Crippen molar-refractivity contribution in [1.82, 2.24) is 10.6 Å². The summed E-state index contributed by atoms with van der Waals surface area (Å²) in [5.41, 5.74) is -1.08. The Bertz CT molecular complexity index is 1210. The lowest BCUT2D eigenvalue weighted by atomic mass is 9.67. The van der Waals surface area contributed by atoms with E-state index in [1.807, 2.05) is 6.07 Å². The minimum Gasteiger partial charge on any atom is -0.374 e. The fraction of sp³-hybridized carbons (Fsp3) is 0.346. The third-order valence-corrected chi connectivity index (χ3v) is 7.95. The Balaban J connectivity index is 1.82. The molecule has 2 aliphatic heterocycles. The number of thioether (sulfide) groups is 1. The van der Waals surface area contributed by atoms with E-state index in [0.717, 1.165) is 0 Å². The lowest BCUT2D eigenvalue weighted by Gasteiger charge is -2.55. The van der Waals surface area contributed by atoms with Crippen molar-refractivity contribution in [2.45, 2.75) is 23.6 Å². The molecule has 36 heavy (non-hydrogen) atoms. The average Bonchev–Trinajstić information content (AvgIpc) is 2.92. The number of fused-ring (bicyclic) bond motifs is 1. The maximum atomic E-state index is 15.4. The number of carbonyl (C=O) groups is 2. The van der Waals surface area contributed by atoms with Crippen molar-refractivity contribution in [3.05, 3.63) is 71.0 Å². The van der Waals surface area contributed by atoms with Crippen LogP contribution < -0.4 is 10.6 Å². The lowest BCUT2D eigenvalue weighted by Crippen LogP contribution is -2.70. The van der Waals surface area contributed by atoms with Crippen LogP contribution in [-0.2, 0) is 10.3 Å². The maximum Gasteiger partial charge on any atom is 0.257 e. The Kier molecular flexibility index (Phi) is 7.77. The molecule has 10 heteroatoms. The summed E-state index contributed by atoms with van der Waals surface area (Å²) in [7, 11) is 3.43. The van der Waals surface area contributed by atoms with Crippen molar-refractivity contribution < 1.29 is 18.7 Å². The predicted octanol–water partition coefficient (Wildman–Crippen LogP) is 3.08. The molecule has 0 spiro atoms. The molecule has 4 atom stereocenters. The van der Waals surface area contributed by atoms with Crippen molar-refractivity contribution in [3.63, 3.8) is 0 Å². The summed E-state index contributed by atoms with van der Waals surface area (Å²) < 4.78 is 21.7. The van der Waals surface area contributed by atoms with Gasteiger partial charge < -0.3 is 25.8 Å². The standard InChI is InChI=1S/C26H28FN5O3S/c1-29-13-19(12-28)22-11-25(30-2)16-36-24(31-23(34)18-6-4-3-5-7-18)32-26(25,15-35-22)20-10-17(14-33)8-9-21(20)27/h3-10,12-14,19,22,28,30H,11,15-16H2,1-2H3,(H,31,32,34). The minimum atomic E-state index is -1.28. The monoisotopic (exact) mass is 509 g/mol. The first-order valence-electron chi connectivity index (χ1n) is 11.5. The molecule has 2 aromatic rings. The number of hydrogen-bond donors (Lipinski definition) is 3. The van der Waals surface area contributed by atoms with Crippen LogP contribution >= 0.6 is 11.8 Å². The van der Waals surface area contributed by atoms with Crippen LogP contribution in [0.1, 0.15) is 32.7 Å². The first-order chi connectivity index (χ1) is 17.4. The average molecular weight is 510 g/mol. The third kappa shape index (κ3) is 4.63. The lowest BCUT2D eigenvalue weighted by molar-refractivity contribution is -0.0809. The topological polar surface area (TPSA) is 116 Å². The number of rotatable bonds is 7. The van der Waals surface area contributed by atoms with Gasteiger partial charge in [0.15, 0.2) is 5.17 Å². The maximum absolute atomic E-state index is 15.4. The molecule has 4 unspecified atom stereocenters. The molecule has 8 nitrogen and oxygen atoms in total. The highest BCUT2D eigenvalue weighted by atomic mass is 32.2. The largest absolute Gasteiger partial charge is 0.374 e. The van der Waals surface area contributed by atoms with E-state index >= 15 is 4.39 Å². The number of hydrogen-bond acceptors (Lipinski definition) is 8. The van der Waals surface area contributed by atoms with Gasteiger partial charge in [-0.3, -0.25) is 9.59 Å². The van der Waals surface area contributed by atoms with E-state index in [1.54, 1.807) is 44.6 Å². The zero-order valence-corrected chi connectivity index (χ0v) is 20.8. The number of ether oxygens (including phenoxy) is 1. The van der Waals surface area contributed by atoms with Gasteiger partial charge in [-0.05, 0) is 43.8 Å². The van der Waals surface area contributed by atoms with E-state index in [2.05, 4.69) is 15.6 Å². The second-order valence-corrected chi connectivity index (χ2v) is 9.74. The molecular weight excluding hydrogens is 481 g/mol. The van der Waals surface area contributed by atoms with E-state index in [9.17, 15) is 9.59 Å². The van der Waals surface area contributed by atoms with Crippen molar-refractivity contribution in [2.24, 2.45) is 15.9 Å². The molecule has 2 heterocycles. The summed E-state index contributed by atoms with van der Waals surface area (Å²) in [4.78, 5) is 33.4. The summed E-state index contributed by atoms with van der Waals surface area (Å²) in [5.74, 6) is -0.771. The van der Waals surface area contributed by atoms with Crippen LogP contribution in [0.4, 0.5) is 4.39 Å². The van der Waals surface area contributed by atoms with Gasteiger partial charge in [-0.25, -0.2) is 9.38 Å². The number of aliphatic imine (C=N–C) groups is 2. The number of nitrogens with one attached hydrogen (secondary N) is 3. The van der Waals surface area contributed by atoms with Crippen LogP contribution in [0.15, 0.2) is 58.5 Å². The molecule has 0 bridgehead atoms. The highest BCUT2D eigenvalue weighted by molar-refractivity contribution is 8.14. The number of carbonyl (C=O) groups excluding carboxylic acids is 2. The molecule has 3 N–H and O–H groups in total. The first kappa shape index (κ1) is 25.9. The highest BCUT2D eigenvalue weighted by Crippen LogP contribution is 2.50. The summed E-state index contributed by atoms with van der Waals surface area (Å²) in [6.45, 7) is -0.0229. The van der Waals surface area contributed by atoms with Crippen molar-refractivity contribution in [3.8, 4) is 0 Å². The van der Waals surface area contributed by atoms with E-state index < -0.39 is 16.9 Å². The van der Waals surface area contributed by atoms with E-state index in [1.165, 1.54) is 36.2 Å². The van der Waals surface area contributed by atoms with E-state index in [4.69, 9.17) is 15.1 Å². The predicted molar refractivity (Wildman–Crippen MR) is 140 cm³/mol. The summed E-state index contributed by atoms with van der Waals surface area (Å²) in [5, 5.41) is 14.4. The minimum absolute atomic E-state index is 0.0229. The third-order valence-electron chi connectivity index (χ3n) is 6.85. The quantitative estimate of drug-likeness (QED) is 0.392. The summed E-state index contributed by atoms with van der Waals surface area (Å²) in [6, 6.07) is 12.9. The van der Waals surface area contributed by atoms with Gasteiger partial charge in [-0.1, -0.05) is 30.0 Å². The second-order valence-electron chi connectivity index (χ2n) is 8.78. The van der Waals surface area contributed by atoms with Crippen molar-refractivity contribution >= 4 is 41.6 Å². The Morgan fingerprint density at radius 3 is 2.78 bits per heavy atom. The summed E-state index contributed by atoms with van der Waals surface area (Å²) >= 11 is 1.36. The Morgan fingerprint density at radius 1 is 1.33 bits per heavy atom. The molecule has 2 aromatic carbocycles. The van der Waals surface area contributed by atoms with Crippen LogP contribution in [0.2, 0.25) is 0 Å². The molecule has 0 radical (unpaired) electrons. The number of amides is 1. The van der Waals surface area contributed by atoms with Gasteiger partial charge in [0.05, 0.1) is 24.2 Å². The van der Waals surface area contributed by atoms with Gasteiger partial charge >= 0.3 is 0 Å². The van der Waals surface area contributed by atoms with Crippen LogP contribution in [0, 0.1) is 17.1 Å². The molecule has 0 aliphatic carbocycles. The normalized spacial score (nSPS) is 26.5. The van der Waals surface area contributed by atoms with Gasteiger partial charge in [0, 0.05) is 41.9 Å². The van der Waals surface area contributed by atoms with Crippen LogP contribution in [0.5, 0.6) is 0 Å². The molecule has 0 saturated carbocycles. The molecule has 0 aromatic heterocycles. The number of benzene rings is 2. The Labute approximate surface area is 213 Å². The molecule has 1 saturated heterocycles. The SMILES string of the molecule is CN=CC(C=N)C1CC2(NC)CSC(NC(=O)c3ccccc3)=NC2(c2cc(C=O)ccc2F)CO1. The number of likely N-dealkylation sites (N-methyl/N-ethyl adjacent to an activating group) is 1. The second kappa shape index (κ2) is 10.8. The highest BCUT2D eigenvalue weighted by Gasteiger charge is 2.60. The smallest absolute Gasteiger partial charge is 0.257 e. The zero-order chi connectivity index (χ0) is 25.8. The van der Waals surface area contributed by atoms with Crippen LogP contribution in [0.25, 0.3) is 0 Å². The van der Waals surface area contributed by atoms with E-state index in [0.29, 0.717) is 34.8 Å². The molecule has 188 valence electrons. The Hall–Kier alpha value is -3.21. The molecule has 1 fully saturated rings. The van der Waals surface area contributed by atoms with Gasteiger partial charge in [-0.2, -0.15) is 0 Å². The zero-order valence-electron chi connectivity index (χ0n) is 20.0. The number of nitrogens with zero attached hydrogens (tertiary/aromatic N) is 2. The van der Waals surface area contributed by atoms with Crippen molar-refractivity contribution in [1.29, 1.82) is 5.41 Å². The molecular formula is C26H28FN5O3S. The fourth-order valence-corrected chi connectivity index (χ4v) is 6.12. The van der Waals surface area contributed by atoms with Gasteiger partial charge in [0.25, 0.3) is 5.91 Å². The first-order valence-corrected chi connectivity index (χ1v) is 12.5. The number of aldehydes is 1. The Morgan fingerprint density at radius 2 is 2.11 bits per heavy atom. The summed E-state index contributed by atoms with van der Waals surface area (Å²) in [6.07, 6.45) is 3.62. The van der Waals surface area contributed by atoms with Crippen LogP contribution in [0.3, 0.4) is 0 Å². The fourth-order valence-electron chi connectivity index (χ4n) is 4.85. The van der Waals surface area contributed by atoms with Crippen LogP contribution in [-0.4, -0.2) is 67.9 Å². The molecule has 4 rings (SSSR count). The number of halogens is 1. The van der Waals surface area contributed by atoms with Gasteiger partial charge in [0.1, 0.15) is 17.6 Å². The van der Waals surface area contributed by atoms with Gasteiger partial charge in [-0.15, -0.1) is 0 Å².